The predicted octanol–water partition coefficient (Wildman–Crippen LogP) is 1.82. The average Bonchev–Trinajstić information content (AvgIpc) is 2.18. The van der Waals surface area contributed by atoms with Crippen LogP contribution in [0.2, 0.25) is 0 Å². The van der Waals surface area contributed by atoms with Crippen molar-refractivity contribution in [1.29, 1.82) is 0 Å². The molecule has 0 N–H and O–H groups in total. The van der Waals surface area contributed by atoms with Crippen molar-refractivity contribution in [1.82, 2.24) is 5.10 Å². The quantitative estimate of drug-likeness (QED) is 0.532. The Kier molecular flexibility index (Phi) is 2.31. The zero-order valence-electron chi connectivity index (χ0n) is 8.10. The molecule has 0 aliphatic rings. The Morgan fingerprint density at radius 3 is 2.93 bits per heavy atom. The van der Waals surface area contributed by atoms with Crippen molar-refractivity contribution in [3.05, 3.63) is 41.4 Å². The Hall–Kier alpha value is -1.64. The maximum atomic E-state index is 11.2. The van der Waals surface area contributed by atoms with Crippen LogP contribution in [0.25, 0.3) is 10.8 Å². The van der Waals surface area contributed by atoms with Crippen LogP contribution in [0.3, 0.4) is 0 Å². The molecule has 0 atom stereocenters. The molecule has 3 heteroatoms. The first-order valence-corrected chi connectivity index (χ1v) is 4.79. The first-order chi connectivity index (χ1) is 6.81. The molecule has 72 valence electrons. The second-order valence-electron chi connectivity index (χ2n) is 3.32. The number of hydrogen-bond donors (Lipinski definition) is 0. The van der Waals surface area contributed by atoms with E-state index >= 15 is 0 Å². The fourth-order valence-corrected chi connectivity index (χ4v) is 1.61. The third-order valence-corrected chi connectivity index (χ3v) is 2.23. The number of hydrogen-bond acceptors (Lipinski definition) is 2. The molecule has 0 unspecified atom stereocenters. The molecule has 0 saturated heterocycles. The lowest BCUT2D eigenvalue weighted by Crippen LogP contribution is -2.31. The minimum Gasteiger partial charge on any atom is -0.594 e. The van der Waals surface area contributed by atoms with Crippen LogP contribution in [-0.4, -0.2) is 5.10 Å². The zero-order chi connectivity index (χ0) is 9.97. The van der Waals surface area contributed by atoms with Crippen molar-refractivity contribution < 1.29 is 4.85 Å². The molecule has 2 aromatic rings. The van der Waals surface area contributed by atoms with Crippen LogP contribution in [0.5, 0.6) is 0 Å². The molecular weight excluding hydrogens is 176 g/mol. The zero-order valence-corrected chi connectivity index (χ0v) is 8.10. The molecule has 0 aliphatic carbocycles. The Bertz CT molecular complexity index is 454. The number of fused-ring (bicyclic) bond motifs is 1. The van der Waals surface area contributed by atoms with Crippen molar-refractivity contribution >= 4 is 10.8 Å². The molecular formula is C11H12N2O. The summed E-state index contributed by atoms with van der Waals surface area (Å²) in [6.45, 7) is 2.08. The van der Waals surface area contributed by atoms with Gasteiger partial charge < -0.3 is 5.21 Å². The van der Waals surface area contributed by atoms with Gasteiger partial charge in [0, 0.05) is 10.5 Å². The van der Waals surface area contributed by atoms with E-state index in [1.165, 1.54) is 6.20 Å². The molecule has 0 amide bonds. The second-order valence-corrected chi connectivity index (χ2v) is 3.32. The van der Waals surface area contributed by atoms with Crippen molar-refractivity contribution in [3.8, 4) is 0 Å². The van der Waals surface area contributed by atoms with E-state index in [1.807, 2.05) is 24.3 Å². The molecule has 2 rings (SSSR count). The first-order valence-electron chi connectivity index (χ1n) is 4.79. The third-order valence-electron chi connectivity index (χ3n) is 2.23. The first kappa shape index (κ1) is 8.94. The molecule has 0 spiro atoms. The standard InChI is InChI=1S/C11H12N2O/c1-2-5-11-10-7-4-3-6-9(10)8-13(14)12-11/h3-4,6-8H,2,5H2,1H3. The molecule has 0 saturated carbocycles. The molecule has 0 bridgehead atoms. The van der Waals surface area contributed by atoms with Crippen molar-refractivity contribution in [3.63, 3.8) is 0 Å². The summed E-state index contributed by atoms with van der Waals surface area (Å²) >= 11 is 0. The van der Waals surface area contributed by atoms with Crippen molar-refractivity contribution in [2.45, 2.75) is 19.8 Å². The van der Waals surface area contributed by atoms with Gasteiger partial charge in [-0.3, -0.25) is 0 Å². The highest BCUT2D eigenvalue weighted by Crippen LogP contribution is 2.15. The Balaban J connectivity index is 2.67. The molecule has 1 aromatic carbocycles. The summed E-state index contributed by atoms with van der Waals surface area (Å²) in [7, 11) is 0. The van der Waals surface area contributed by atoms with E-state index in [9.17, 15) is 5.21 Å². The molecule has 0 fully saturated rings. The van der Waals surface area contributed by atoms with Crippen molar-refractivity contribution in [2.75, 3.05) is 0 Å². The molecule has 1 aromatic heterocycles. The van der Waals surface area contributed by atoms with Gasteiger partial charge in [0.25, 0.3) is 0 Å². The maximum Gasteiger partial charge on any atom is 0.217 e. The summed E-state index contributed by atoms with van der Waals surface area (Å²) in [6.07, 6.45) is 3.36. The average molecular weight is 188 g/mol. The third kappa shape index (κ3) is 1.53. The van der Waals surface area contributed by atoms with Crippen LogP contribution >= 0.6 is 0 Å². The van der Waals surface area contributed by atoms with Crippen LogP contribution < -0.4 is 4.85 Å². The highest BCUT2D eigenvalue weighted by atomic mass is 16.5. The summed E-state index contributed by atoms with van der Waals surface area (Å²) in [5.74, 6) is 0. The number of nitrogens with zero attached hydrogens (tertiary/aromatic N) is 2. The summed E-state index contributed by atoms with van der Waals surface area (Å²) in [4.78, 5) is 0.646. The van der Waals surface area contributed by atoms with Gasteiger partial charge in [-0.05, 0) is 12.5 Å². The van der Waals surface area contributed by atoms with Crippen LogP contribution in [0.1, 0.15) is 19.0 Å². The molecule has 14 heavy (non-hydrogen) atoms. The van der Waals surface area contributed by atoms with E-state index in [-0.39, 0.29) is 0 Å². The minimum atomic E-state index is 0.646. The lowest BCUT2D eigenvalue weighted by molar-refractivity contribution is -0.668. The summed E-state index contributed by atoms with van der Waals surface area (Å²) in [5.41, 5.74) is 0.889. The molecule has 0 radical (unpaired) electrons. The van der Waals surface area contributed by atoms with Gasteiger partial charge in [-0.1, -0.05) is 36.4 Å². The monoisotopic (exact) mass is 188 g/mol. The van der Waals surface area contributed by atoms with E-state index in [1.54, 1.807) is 0 Å². The lowest BCUT2D eigenvalue weighted by atomic mass is 10.1. The SMILES string of the molecule is CCCc1n[n+]([O-])cc2ccccc12. The van der Waals surface area contributed by atoms with E-state index < -0.39 is 0 Å². The van der Waals surface area contributed by atoms with Crippen LogP contribution in [0.15, 0.2) is 30.5 Å². The number of benzene rings is 1. The van der Waals surface area contributed by atoms with Crippen molar-refractivity contribution in [2.24, 2.45) is 0 Å². The summed E-state index contributed by atoms with van der Waals surface area (Å²) in [5, 5.41) is 17.2. The predicted molar refractivity (Wildman–Crippen MR) is 54.7 cm³/mol. The van der Waals surface area contributed by atoms with Gasteiger partial charge in [-0.25, -0.2) is 0 Å². The van der Waals surface area contributed by atoms with Gasteiger partial charge in [-0.15, -0.1) is 0 Å². The van der Waals surface area contributed by atoms with Gasteiger partial charge in [0.05, 0.1) is 5.39 Å². The summed E-state index contributed by atoms with van der Waals surface area (Å²) < 4.78 is 0. The van der Waals surface area contributed by atoms with E-state index in [0.717, 1.165) is 29.3 Å². The smallest absolute Gasteiger partial charge is 0.217 e. The highest BCUT2D eigenvalue weighted by molar-refractivity contribution is 5.82. The largest absolute Gasteiger partial charge is 0.594 e. The van der Waals surface area contributed by atoms with E-state index in [2.05, 4.69) is 12.0 Å². The fourth-order valence-electron chi connectivity index (χ4n) is 1.61. The van der Waals surface area contributed by atoms with Gasteiger partial charge in [0.1, 0.15) is 5.69 Å². The van der Waals surface area contributed by atoms with E-state index in [4.69, 9.17) is 0 Å². The van der Waals surface area contributed by atoms with Gasteiger partial charge >= 0.3 is 0 Å². The van der Waals surface area contributed by atoms with Gasteiger partial charge in [0.2, 0.25) is 6.20 Å². The Labute approximate surface area is 82.6 Å². The normalized spacial score (nSPS) is 10.6. The number of aryl methyl sites for hydroxylation is 1. The van der Waals surface area contributed by atoms with Crippen LogP contribution in [0.4, 0.5) is 0 Å². The van der Waals surface area contributed by atoms with E-state index in [0.29, 0.717) is 4.85 Å². The fraction of sp³-hybridized carbons (Fsp3) is 0.273. The number of aromatic nitrogens is 2. The lowest BCUT2D eigenvalue weighted by Gasteiger charge is -2.02. The second kappa shape index (κ2) is 3.62. The topological polar surface area (TPSA) is 39.8 Å². The minimum absolute atomic E-state index is 0.646. The molecule has 1 heterocycles. The molecule has 0 aliphatic heterocycles. The van der Waals surface area contributed by atoms with Crippen LogP contribution in [-0.2, 0) is 6.42 Å². The summed E-state index contributed by atoms with van der Waals surface area (Å²) in [6, 6.07) is 7.84. The Morgan fingerprint density at radius 1 is 1.36 bits per heavy atom. The Morgan fingerprint density at radius 2 is 2.14 bits per heavy atom. The maximum absolute atomic E-state index is 11.2. The van der Waals surface area contributed by atoms with Gasteiger partial charge in [-0.2, -0.15) is 0 Å². The number of rotatable bonds is 2. The molecule has 3 nitrogen and oxygen atoms in total. The van der Waals surface area contributed by atoms with Gasteiger partial charge in [0.15, 0.2) is 0 Å². The highest BCUT2D eigenvalue weighted by Gasteiger charge is 2.06. The van der Waals surface area contributed by atoms with Crippen LogP contribution in [0, 0.1) is 5.21 Å².